The molecule has 39 heavy (non-hydrogen) atoms. The minimum Gasteiger partial charge on any atom is -0.460 e. The lowest BCUT2D eigenvalue weighted by Gasteiger charge is -2.45. The van der Waals surface area contributed by atoms with E-state index in [0.29, 0.717) is 16.7 Å². The van der Waals surface area contributed by atoms with Gasteiger partial charge in [0.15, 0.2) is 6.10 Å². The molecule has 1 N–H and O–H groups in total. The summed E-state index contributed by atoms with van der Waals surface area (Å²) < 4.78 is 33.8. The van der Waals surface area contributed by atoms with E-state index in [1.165, 1.54) is 31.4 Å². The number of benzene rings is 2. The Morgan fingerprint density at radius 2 is 1.85 bits per heavy atom. The molecule has 0 aliphatic carbocycles. The molecule has 2 aliphatic heterocycles. The maximum atomic E-state index is 12.7. The van der Waals surface area contributed by atoms with Gasteiger partial charge in [0, 0.05) is 35.8 Å². The Kier molecular flexibility index (Phi) is 6.48. The predicted octanol–water partition coefficient (Wildman–Crippen LogP) is 3.69. The van der Waals surface area contributed by atoms with Gasteiger partial charge in [-0.15, -0.1) is 0 Å². The third-order valence-corrected chi connectivity index (χ3v) is 6.63. The summed E-state index contributed by atoms with van der Waals surface area (Å²) in [6.45, 7) is 5.22. The molecular formula is C26H24N2O11. The number of hydrogen-bond donors (Lipinski definition) is 1. The number of hydrogen-bond acceptors (Lipinski definition) is 11. The standard InChI is InChI=1S/C26H24N2O11/c1-12-17(35-24-20-19(37-25(31)38-20)21(34-4)26(2,3)39-24)9-8-13-11-16(23(30)36-18(12)13)27-22(29)14-6-5-7-15(10-14)28(32)33/h5-11,19-21,24H,1-4H3,(H,27,29)/t19-,20+,21+,24+/m0/s1. The Bertz CT molecular complexity index is 1550. The number of amides is 1. The number of nitrogens with one attached hydrogen (secondary N) is 1. The van der Waals surface area contributed by atoms with Crippen molar-refractivity contribution in [1.29, 1.82) is 0 Å². The maximum absolute atomic E-state index is 12.7. The lowest BCUT2D eigenvalue weighted by atomic mass is 9.89. The van der Waals surface area contributed by atoms with Crippen LogP contribution in [0.25, 0.3) is 11.0 Å². The van der Waals surface area contributed by atoms with E-state index in [2.05, 4.69) is 5.32 Å². The average molecular weight is 540 g/mol. The fourth-order valence-electron chi connectivity index (χ4n) is 4.77. The summed E-state index contributed by atoms with van der Waals surface area (Å²) in [5, 5.41) is 13.9. The molecule has 3 heterocycles. The van der Waals surface area contributed by atoms with Gasteiger partial charge in [-0.3, -0.25) is 14.9 Å². The second kappa shape index (κ2) is 9.67. The van der Waals surface area contributed by atoms with Crippen molar-refractivity contribution in [3.63, 3.8) is 0 Å². The number of fused-ring (bicyclic) bond motifs is 2. The van der Waals surface area contributed by atoms with Gasteiger partial charge in [0.2, 0.25) is 12.4 Å². The summed E-state index contributed by atoms with van der Waals surface area (Å²) in [5.74, 6) is -0.409. The van der Waals surface area contributed by atoms with Crippen molar-refractivity contribution < 1.29 is 42.6 Å². The average Bonchev–Trinajstić information content (AvgIpc) is 3.27. The molecule has 0 spiro atoms. The van der Waals surface area contributed by atoms with Gasteiger partial charge in [-0.2, -0.15) is 0 Å². The van der Waals surface area contributed by atoms with E-state index in [1.807, 2.05) is 0 Å². The molecule has 2 aliphatic rings. The predicted molar refractivity (Wildman–Crippen MR) is 134 cm³/mol. The van der Waals surface area contributed by atoms with Crippen LogP contribution in [-0.4, -0.2) is 54.3 Å². The van der Waals surface area contributed by atoms with E-state index >= 15 is 0 Å². The Hall–Kier alpha value is -4.49. The third kappa shape index (κ3) is 4.77. The van der Waals surface area contributed by atoms with Crippen LogP contribution in [0.4, 0.5) is 16.2 Å². The van der Waals surface area contributed by atoms with Gasteiger partial charge < -0.3 is 33.4 Å². The van der Waals surface area contributed by atoms with Gasteiger partial charge >= 0.3 is 11.8 Å². The molecule has 13 heteroatoms. The van der Waals surface area contributed by atoms with Crippen molar-refractivity contribution in [3.8, 4) is 5.75 Å². The van der Waals surface area contributed by atoms with E-state index in [0.717, 1.165) is 6.07 Å². The molecular weight excluding hydrogens is 516 g/mol. The molecule has 2 aromatic carbocycles. The molecule has 4 atom stereocenters. The number of carbonyl (C=O) groups is 2. The lowest BCUT2D eigenvalue weighted by molar-refractivity contribution is -0.384. The SMILES string of the molecule is CO[C@@H]1[C@H]2OC(=O)O[C@H]2[C@H](Oc2ccc3cc(NC(=O)c4cccc([N+](=O)[O-])c4)c(=O)oc3c2C)OC1(C)C. The van der Waals surface area contributed by atoms with Crippen LogP contribution in [0.1, 0.15) is 29.8 Å². The fourth-order valence-corrected chi connectivity index (χ4v) is 4.77. The van der Waals surface area contributed by atoms with Crippen molar-refractivity contribution >= 4 is 34.4 Å². The molecule has 1 amide bonds. The first-order valence-corrected chi connectivity index (χ1v) is 11.9. The molecule has 1 aromatic heterocycles. The Balaban J connectivity index is 1.41. The summed E-state index contributed by atoms with van der Waals surface area (Å²) in [6, 6.07) is 9.78. The van der Waals surface area contributed by atoms with Crippen LogP contribution >= 0.6 is 0 Å². The molecule has 2 fully saturated rings. The molecule has 5 rings (SSSR count). The van der Waals surface area contributed by atoms with Crippen LogP contribution in [-0.2, 0) is 18.9 Å². The number of nitro benzene ring substituents is 1. The van der Waals surface area contributed by atoms with Crippen molar-refractivity contribution in [2.45, 2.75) is 51.0 Å². The molecule has 3 aromatic rings. The zero-order valence-electron chi connectivity index (χ0n) is 21.3. The molecule has 204 valence electrons. The summed E-state index contributed by atoms with van der Waals surface area (Å²) in [6.07, 6.45) is -4.15. The Morgan fingerprint density at radius 3 is 2.56 bits per heavy atom. The van der Waals surface area contributed by atoms with Crippen LogP contribution < -0.4 is 15.7 Å². The third-order valence-electron chi connectivity index (χ3n) is 6.63. The molecule has 0 saturated carbocycles. The first-order valence-electron chi connectivity index (χ1n) is 11.9. The number of aryl methyl sites for hydroxylation is 1. The van der Waals surface area contributed by atoms with Crippen molar-refractivity contribution in [2.24, 2.45) is 0 Å². The minimum atomic E-state index is -1.04. The van der Waals surface area contributed by atoms with Gasteiger partial charge in [-0.25, -0.2) is 9.59 Å². The van der Waals surface area contributed by atoms with Gasteiger partial charge in [0.05, 0.1) is 10.5 Å². The zero-order valence-corrected chi connectivity index (χ0v) is 21.3. The summed E-state index contributed by atoms with van der Waals surface area (Å²) in [5.41, 5.74) is -1.47. The molecule has 13 nitrogen and oxygen atoms in total. The van der Waals surface area contributed by atoms with E-state index in [-0.39, 0.29) is 22.5 Å². The van der Waals surface area contributed by atoms with Crippen LogP contribution in [0.15, 0.2) is 51.7 Å². The maximum Gasteiger partial charge on any atom is 0.509 e. The number of carbonyl (C=O) groups excluding carboxylic acids is 2. The first kappa shape index (κ1) is 26.1. The summed E-state index contributed by atoms with van der Waals surface area (Å²) in [7, 11) is 1.48. The summed E-state index contributed by atoms with van der Waals surface area (Å²) >= 11 is 0. The minimum absolute atomic E-state index is 0.00430. The molecule has 0 bridgehead atoms. The van der Waals surface area contributed by atoms with Crippen LogP contribution in [0.5, 0.6) is 5.75 Å². The Morgan fingerprint density at radius 1 is 1.10 bits per heavy atom. The van der Waals surface area contributed by atoms with Gasteiger partial charge in [-0.05, 0) is 45.0 Å². The van der Waals surface area contributed by atoms with Crippen molar-refractivity contribution in [3.05, 3.63) is 74.1 Å². The number of nitro groups is 1. The van der Waals surface area contributed by atoms with E-state index in [9.17, 15) is 24.5 Å². The lowest BCUT2D eigenvalue weighted by Crippen LogP contribution is -2.62. The highest BCUT2D eigenvalue weighted by molar-refractivity contribution is 6.05. The van der Waals surface area contributed by atoms with Crippen molar-refractivity contribution in [2.75, 3.05) is 12.4 Å². The molecule has 0 unspecified atom stereocenters. The number of non-ortho nitro benzene ring substituents is 1. The number of rotatable bonds is 6. The second-order valence-electron chi connectivity index (χ2n) is 9.59. The van der Waals surface area contributed by atoms with Gasteiger partial charge in [0.25, 0.3) is 11.6 Å². The second-order valence-corrected chi connectivity index (χ2v) is 9.59. The molecule has 2 saturated heterocycles. The zero-order chi connectivity index (χ0) is 28.1. The van der Waals surface area contributed by atoms with E-state index < -0.39 is 52.8 Å². The number of nitrogens with zero attached hydrogens (tertiary/aromatic N) is 1. The normalized spacial score (nSPS) is 23.4. The first-order chi connectivity index (χ1) is 18.5. The van der Waals surface area contributed by atoms with Gasteiger partial charge in [-0.1, -0.05) is 6.07 Å². The van der Waals surface area contributed by atoms with Crippen LogP contribution in [0.3, 0.4) is 0 Å². The summed E-state index contributed by atoms with van der Waals surface area (Å²) in [4.78, 5) is 47.6. The van der Waals surface area contributed by atoms with Crippen LogP contribution in [0, 0.1) is 17.0 Å². The Labute approximate surface area is 220 Å². The quantitative estimate of drug-likeness (QED) is 0.210. The largest absolute Gasteiger partial charge is 0.509 e. The van der Waals surface area contributed by atoms with Crippen LogP contribution in [0.2, 0.25) is 0 Å². The van der Waals surface area contributed by atoms with E-state index in [1.54, 1.807) is 32.9 Å². The van der Waals surface area contributed by atoms with E-state index in [4.69, 9.17) is 28.1 Å². The van der Waals surface area contributed by atoms with Gasteiger partial charge in [0.1, 0.15) is 23.1 Å². The highest BCUT2D eigenvalue weighted by atomic mass is 16.8. The topological polar surface area (TPSA) is 166 Å². The number of ether oxygens (including phenoxy) is 5. The number of anilines is 1. The highest BCUT2D eigenvalue weighted by Crippen LogP contribution is 2.39. The molecule has 0 radical (unpaired) electrons. The van der Waals surface area contributed by atoms with Crippen molar-refractivity contribution in [1.82, 2.24) is 0 Å². The fraction of sp³-hybridized carbons (Fsp3) is 0.346. The number of methoxy groups -OCH3 is 1. The smallest absolute Gasteiger partial charge is 0.460 e. The monoisotopic (exact) mass is 540 g/mol. The highest BCUT2D eigenvalue weighted by Gasteiger charge is 2.59.